The molecule has 0 bridgehead atoms. The van der Waals surface area contributed by atoms with Gasteiger partial charge in [0.1, 0.15) is 0 Å². The summed E-state index contributed by atoms with van der Waals surface area (Å²) in [5.74, 6) is -0.836. The molecule has 7 nitrogen and oxygen atoms in total. The number of benzene rings is 2. The molecule has 1 unspecified atom stereocenters. The quantitative estimate of drug-likeness (QED) is 0.577. The summed E-state index contributed by atoms with van der Waals surface area (Å²) in [6, 6.07) is 16.6. The van der Waals surface area contributed by atoms with Gasteiger partial charge in [0.15, 0.2) is 6.10 Å². The second-order valence-electron chi connectivity index (χ2n) is 6.78. The standard InChI is InChI=1S/C22H25N3O4/c1-4-24-18-12-8-9-13-19(18)25(22(24)28)15-14-20(26)29-16(2)21(27)23(3)17-10-6-5-7-11-17/h5-13,16H,4,14-15H2,1-3H3. The Labute approximate surface area is 169 Å². The first kappa shape index (κ1) is 20.4. The number of nitrogens with zero attached hydrogens (tertiary/aromatic N) is 3. The smallest absolute Gasteiger partial charge is 0.329 e. The maximum absolute atomic E-state index is 12.6. The third-order valence-electron chi connectivity index (χ3n) is 4.91. The molecule has 0 radical (unpaired) electrons. The van der Waals surface area contributed by atoms with Crippen LogP contribution in [0.15, 0.2) is 59.4 Å². The number of imidazole rings is 1. The molecule has 0 aliphatic rings. The van der Waals surface area contributed by atoms with Gasteiger partial charge in [-0.25, -0.2) is 4.79 Å². The Hall–Kier alpha value is -3.35. The summed E-state index contributed by atoms with van der Waals surface area (Å²) in [5.41, 5.74) is 2.18. The molecule has 29 heavy (non-hydrogen) atoms. The summed E-state index contributed by atoms with van der Waals surface area (Å²) >= 11 is 0. The number of likely N-dealkylation sites (N-methyl/N-ethyl adjacent to an activating group) is 1. The maximum atomic E-state index is 12.6. The van der Waals surface area contributed by atoms with E-state index < -0.39 is 12.1 Å². The molecule has 1 heterocycles. The van der Waals surface area contributed by atoms with Gasteiger partial charge in [-0.15, -0.1) is 0 Å². The maximum Gasteiger partial charge on any atom is 0.329 e. The van der Waals surface area contributed by atoms with E-state index >= 15 is 0 Å². The van der Waals surface area contributed by atoms with Gasteiger partial charge in [-0.3, -0.25) is 18.7 Å². The van der Waals surface area contributed by atoms with Crippen molar-refractivity contribution in [1.29, 1.82) is 0 Å². The zero-order valence-electron chi connectivity index (χ0n) is 16.9. The Bertz CT molecular complexity index is 1070. The minimum absolute atomic E-state index is 0.00427. The van der Waals surface area contributed by atoms with E-state index in [1.807, 2.05) is 61.5 Å². The molecule has 2 aromatic carbocycles. The second kappa shape index (κ2) is 8.77. The highest BCUT2D eigenvalue weighted by atomic mass is 16.5. The minimum atomic E-state index is -0.915. The van der Waals surface area contributed by atoms with E-state index in [0.717, 1.165) is 16.7 Å². The number of esters is 1. The molecule has 3 aromatic rings. The summed E-state index contributed by atoms with van der Waals surface area (Å²) in [5, 5.41) is 0. The average molecular weight is 395 g/mol. The minimum Gasteiger partial charge on any atom is -0.452 e. The lowest BCUT2D eigenvalue weighted by Gasteiger charge is -2.21. The largest absolute Gasteiger partial charge is 0.452 e. The summed E-state index contributed by atoms with van der Waals surface area (Å²) in [6.45, 7) is 4.20. The number of carbonyl (C=O) groups excluding carboxylic acids is 2. The Morgan fingerprint density at radius 1 is 1.00 bits per heavy atom. The van der Waals surface area contributed by atoms with Crippen molar-refractivity contribution in [3.63, 3.8) is 0 Å². The topological polar surface area (TPSA) is 73.5 Å². The molecule has 152 valence electrons. The third-order valence-corrected chi connectivity index (χ3v) is 4.91. The van der Waals surface area contributed by atoms with Crippen molar-refractivity contribution in [2.45, 2.75) is 39.5 Å². The fourth-order valence-corrected chi connectivity index (χ4v) is 3.36. The van der Waals surface area contributed by atoms with E-state index in [1.54, 1.807) is 23.1 Å². The van der Waals surface area contributed by atoms with Gasteiger partial charge in [0.25, 0.3) is 5.91 Å². The van der Waals surface area contributed by atoms with Crippen molar-refractivity contribution in [3.8, 4) is 0 Å². The fraction of sp³-hybridized carbons (Fsp3) is 0.318. The van der Waals surface area contributed by atoms with E-state index in [0.29, 0.717) is 6.54 Å². The lowest BCUT2D eigenvalue weighted by molar-refractivity contribution is -0.154. The molecular formula is C22H25N3O4. The predicted octanol–water partition coefficient (Wildman–Crippen LogP) is 2.81. The van der Waals surface area contributed by atoms with Crippen molar-refractivity contribution in [2.75, 3.05) is 11.9 Å². The molecule has 0 saturated heterocycles. The monoisotopic (exact) mass is 395 g/mol. The van der Waals surface area contributed by atoms with Crippen LogP contribution in [0.5, 0.6) is 0 Å². The lowest BCUT2D eigenvalue weighted by atomic mass is 10.2. The van der Waals surface area contributed by atoms with E-state index in [2.05, 4.69) is 0 Å². The molecule has 1 aromatic heterocycles. The number of anilines is 1. The predicted molar refractivity (Wildman–Crippen MR) is 112 cm³/mol. The van der Waals surface area contributed by atoms with Crippen LogP contribution < -0.4 is 10.6 Å². The van der Waals surface area contributed by atoms with E-state index in [1.165, 1.54) is 4.90 Å². The normalized spacial score (nSPS) is 12.0. The van der Waals surface area contributed by atoms with Crippen LogP contribution in [-0.4, -0.2) is 34.2 Å². The number of hydrogen-bond acceptors (Lipinski definition) is 4. The zero-order valence-corrected chi connectivity index (χ0v) is 16.9. The van der Waals surface area contributed by atoms with Crippen LogP contribution in [-0.2, 0) is 27.4 Å². The average Bonchev–Trinajstić information content (AvgIpc) is 3.02. The summed E-state index contributed by atoms with van der Waals surface area (Å²) in [6.07, 6.45) is -0.911. The van der Waals surface area contributed by atoms with Gasteiger partial charge in [0, 0.05) is 25.8 Å². The van der Waals surface area contributed by atoms with Crippen LogP contribution >= 0.6 is 0 Å². The number of ether oxygens (including phenoxy) is 1. The van der Waals surface area contributed by atoms with Crippen LogP contribution in [0.3, 0.4) is 0 Å². The molecule has 0 saturated carbocycles. The van der Waals surface area contributed by atoms with Gasteiger partial charge in [-0.2, -0.15) is 0 Å². The van der Waals surface area contributed by atoms with Gasteiger partial charge >= 0.3 is 11.7 Å². The van der Waals surface area contributed by atoms with Crippen molar-refractivity contribution >= 4 is 28.6 Å². The van der Waals surface area contributed by atoms with Gasteiger partial charge in [-0.1, -0.05) is 30.3 Å². The number of hydrogen-bond donors (Lipinski definition) is 0. The summed E-state index contributed by atoms with van der Waals surface area (Å²) in [7, 11) is 1.64. The highest BCUT2D eigenvalue weighted by molar-refractivity contribution is 5.96. The second-order valence-corrected chi connectivity index (χ2v) is 6.78. The Balaban J connectivity index is 1.65. The highest BCUT2D eigenvalue weighted by Gasteiger charge is 2.22. The van der Waals surface area contributed by atoms with Gasteiger partial charge in [-0.05, 0) is 38.1 Å². The molecule has 0 fully saturated rings. The Morgan fingerprint density at radius 3 is 2.21 bits per heavy atom. The number of carbonyl (C=O) groups is 2. The fourth-order valence-electron chi connectivity index (χ4n) is 3.36. The number of para-hydroxylation sites is 3. The first-order chi connectivity index (χ1) is 13.9. The van der Waals surface area contributed by atoms with Crippen molar-refractivity contribution in [3.05, 3.63) is 65.1 Å². The first-order valence-electron chi connectivity index (χ1n) is 9.64. The van der Waals surface area contributed by atoms with Crippen LogP contribution in [0.1, 0.15) is 20.3 Å². The van der Waals surface area contributed by atoms with E-state index in [9.17, 15) is 14.4 Å². The molecule has 0 aliphatic carbocycles. The first-order valence-corrected chi connectivity index (χ1v) is 9.64. The van der Waals surface area contributed by atoms with E-state index in [4.69, 9.17) is 4.74 Å². The van der Waals surface area contributed by atoms with Crippen molar-refractivity contribution in [2.24, 2.45) is 0 Å². The number of aromatic nitrogens is 2. The highest BCUT2D eigenvalue weighted by Crippen LogP contribution is 2.15. The molecule has 1 amide bonds. The third kappa shape index (κ3) is 4.23. The number of aryl methyl sites for hydroxylation is 2. The summed E-state index contributed by atoms with van der Waals surface area (Å²) < 4.78 is 8.55. The Kier molecular flexibility index (Phi) is 6.16. The van der Waals surface area contributed by atoms with Crippen molar-refractivity contribution < 1.29 is 14.3 Å². The van der Waals surface area contributed by atoms with Gasteiger partial charge < -0.3 is 9.64 Å². The Morgan fingerprint density at radius 2 is 1.59 bits per heavy atom. The van der Waals surface area contributed by atoms with Crippen LogP contribution in [0, 0.1) is 0 Å². The molecular weight excluding hydrogens is 370 g/mol. The van der Waals surface area contributed by atoms with Crippen LogP contribution in [0.25, 0.3) is 11.0 Å². The molecule has 1 atom stereocenters. The number of fused-ring (bicyclic) bond motifs is 1. The SMILES string of the molecule is CCn1c(=O)n(CCC(=O)OC(C)C(=O)N(C)c2ccccc2)c2ccccc21. The van der Waals surface area contributed by atoms with Crippen LogP contribution in [0.2, 0.25) is 0 Å². The van der Waals surface area contributed by atoms with Gasteiger partial charge in [0.2, 0.25) is 0 Å². The molecule has 0 spiro atoms. The number of amides is 1. The zero-order chi connectivity index (χ0) is 21.0. The molecule has 3 rings (SSSR count). The van der Waals surface area contributed by atoms with Gasteiger partial charge in [0.05, 0.1) is 17.5 Å². The molecule has 0 aliphatic heterocycles. The summed E-state index contributed by atoms with van der Waals surface area (Å²) in [4.78, 5) is 38.9. The molecule has 7 heteroatoms. The number of rotatable bonds is 7. The molecule has 0 N–H and O–H groups in total. The van der Waals surface area contributed by atoms with Crippen molar-refractivity contribution in [1.82, 2.24) is 9.13 Å². The van der Waals surface area contributed by atoms with Crippen LogP contribution in [0.4, 0.5) is 5.69 Å². The van der Waals surface area contributed by atoms with E-state index in [-0.39, 0.29) is 24.6 Å². The lowest BCUT2D eigenvalue weighted by Crippen LogP contribution is -2.37.